The number of nitrogens with zero attached hydrogens (tertiary/aromatic N) is 1. The highest BCUT2D eigenvalue weighted by Gasteiger charge is 2.33. The van der Waals surface area contributed by atoms with Gasteiger partial charge in [0.1, 0.15) is 0 Å². The Labute approximate surface area is 124 Å². The molecular formula is C16H12BrNO2. The van der Waals surface area contributed by atoms with Crippen molar-refractivity contribution in [2.75, 3.05) is 0 Å². The molecule has 0 amide bonds. The summed E-state index contributed by atoms with van der Waals surface area (Å²) in [4.78, 5) is 16.2. The SMILES string of the molecule is O=C(O)c1cc2c(nc1C1CC1)-c1cccc(Br)c1C2. The summed E-state index contributed by atoms with van der Waals surface area (Å²) < 4.78 is 1.07. The molecule has 1 fully saturated rings. The average Bonchev–Trinajstić information content (AvgIpc) is 3.20. The Kier molecular flexibility index (Phi) is 2.51. The maximum Gasteiger partial charge on any atom is 0.337 e. The monoisotopic (exact) mass is 329 g/mol. The molecule has 1 aromatic carbocycles. The van der Waals surface area contributed by atoms with Gasteiger partial charge in [-0.2, -0.15) is 0 Å². The van der Waals surface area contributed by atoms with Crippen molar-refractivity contribution in [2.45, 2.75) is 25.2 Å². The molecule has 1 heterocycles. The van der Waals surface area contributed by atoms with Crippen LogP contribution < -0.4 is 0 Å². The van der Waals surface area contributed by atoms with Crippen LogP contribution in [0.2, 0.25) is 0 Å². The summed E-state index contributed by atoms with van der Waals surface area (Å²) in [6, 6.07) is 7.91. The van der Waals surface area contributed by atoms with Crippen molar-refractivity contribution in [3.63, 3.8) is 0 Å². The van der Waals surface area contributed by atoms with E-state index in [0.29, 0.717) is 11.5 Å². The second-order valence-electron chi connectivity index (χ2n) is 5.45. The predicted molar refractivity (Wildman–Crippen MR) is 79.1 cm³/mol. The lowest BCUT2D eigenvalue weighted by molar-refractivity contribution is 0.0695. The van der Waals surface area contributed by atoms with Gasteiger partial charge in [-0.3, -0.25) is 4.98 Å². The van der Waals surface area contributed by atoms with Crippen LogP contribution in [0.25, 0.3) is 11.3 Å². The molecule has 0 bridgehead atoms. The summed E-state index contributed by atoms with van der Waals surface area (Å²) in [5.41, 5.74) is 5.48. The maximum absolute atomic E-state index is 11.4. The van der Waals surface area contributed by atoms with Crippen molar-refractivity contribution < 1.29 is 9.90 Å². The van der Waals surface area contributed by atoms with E-state index in [1.54, 1.807) is 0 Å². The molecule has 2 aliphatic rings. The fourth-order valence-electron chi connectivity index (χ4n) is 2.93. The van der Waals surface area contributed by atoms with Crippen LogP contribution >= 0.6 is 15.9 Å². The third kappa shape index (κ3) is 1.71. The number of benzene rings is 1. The molecule has 1 N–H and O–H groups in total. The van der Waals surface area contributed by atoms with Crippen LogP contribution in [-0.4, -0.2) is 16.1 Å². The largest absolute Gasteiger partial charge is 0.478 e. The van der Waals surface area contributed by atoms with Crippen molar-refractivity contribution in [1.82, 2.24) is 4.98 Å². The number of aromatic nitrogens is 1. The van der Waals surface area contributed by atoms with Crippen LogP contribution in [0, 0.1) is 0 Å². The normalized spacial score (nSPS) is 15.8. The van der Waals surface area contributed by atoms with E-state index in [0.717, 1.165) is 46.2 Å². The van der Waals surface area contributed by atoms with Crippen LogP contribution in [-0.2, 0) is 6.42 Å². The number of hydrogen-bond donors (Lipinski definition) is 1. The van der Waals surface area contributed by atoms with E-state index in [4.69, 9.17) is 4.98 Å². The zero-order chi connectivity index (χ0) is 13.9. The second kappa shape index (κ2) is 4.16. The highest BCUT2D eigenvalue weighted by Crippen LogP contribution is 2.45. The Balaban J connectivity index is 1.95. The summed E-state index contributed by atoms with van der Waals surface area (Å²) in [7, 11) is 0. The van der Waals surface area contributed by atoms with Crippen molar-refractivity contribution in [3.05, 3.63) is 51.1 Å². The molecule has 20 heavy (non-hydrogen) atoms. The van der Waals surface area contributed by atoms with E-state index in [9.17, 15) is 9.90 Å². The van der Waals surface area contributed by atoms with Crippen molar-refractivity contribution >= 4 is 21.9 Å². The predicted octanol–water partition coefficient (Wildman–Crippen LogP) is 3.99. The first-order valence-corrected chi connectivity index (χ1v) is 7.49. The van der Waals surface area contributed by atoms with Gasteiger partial charge in [-0.25, -0.2) is 4.79 Å². The highest BCUT2D eigenvalue weighted by atomic mass is 79.9. The summed E-state index contributed by atoms with van der Waals surface area (Å²) in [6.45, 7) is 0. The van der Waals surface area contributed by atoms with Crippen LogP contribution in [0.4, 0.5) is 0 Å². The summed E-state index contributed by atoms with van der Waals surface area (Å²) in [5.74, 6) is -0.528. The highest BCUT2D eigenvalue weighted by molar-refractivity contribution is 9.10. The molecule has 2 aromatic rings. The number of fused-ring (bicyclic) bond motifs is 3. The Morgan fingerprint density at radius 2 is 2.15 bits per heavy atom. The molecule has 1 aromatic heterocycles. The van der Waals surface area contributed by atoms with E-state index in [1.165, 1.54) is 5.56 Å². The Morgan fingerprint density at radius 1 is 1.35 bits per heavy atom. The zero-order valence-corrected chi connectivity index (χ0v) is 12.3. The molecule has 2 aliphatic carbocycles. The average molecular weight is 330 g/mol. The van der Waals surface area contributed by atoms with Crippen molar-refractivity contribution in [1.29, 1.82) is 0 Å². The molecule has 0 spiro atoms. The smallest absolute Gasteiger partial charge is 0.337 e. The molecule has 0 saturated heterocycles. The van der Waals surface area contributed by atoms with Crippen LogP contribution in [0.3, 0.4) is 0 Å². The molecule has 100 valence electrons. The number of rotatable bonds is 2. The van der Waals surface area contributed by atoms with E-state index in [1.807, 2.05) is 18.2 Å². The zero-order valence-electron chi connectivity index (χ0n) is 10.7. The standard InChI is InChI=1S/C16H12BrNO2/c17-13-3-1-2-10-11(13)6-9-7-12(16(19)20)14(8-4-5-8)18-15(9)10/h1-3,7-8H,4-6H2,(H,19,20). The molecule has 4 rings (SSSR count). The van der Waals surface area contributed by atoms with E-state index < -0.39 is 5.97 Å². The minimum atomic E-state index is -0.864. The van der Waals surface area contributed by atoms with Gasteiger partial charge in [0.25, 0.3) is 0 Å². The van der Waals surface area contributed by atoms with Crippen LogP contribution in [0.1, 0.15) is 45.9 Å². The van der Waals surface area contributed by atoms with Crippen molar-refractivity contribution in [2.24, 2.45) is 0 Å². The fraction of sp³-hybridized carbons (Fsp3) is 0.250. The van der Waals surface area contributed by atoms with Gasteiger partial charge in [0, 0.05) is 22.4 Å². The molecule has 0 aliphatic heterocycles. The lowest BCUT2D eigenvalue weighted by atomic mass is 10.0. The number of aromatic carboxylic acids is 1. The van der Waals surface area contributed by atoms with E-state index in [-0.39, 0.29) is 0 Å². The minimum Gasteiger partial charge on any atom is -0.478 e. The number of halogens is 1. The molecule has 1 saturated carbocycles. The van der Waals surface area contributed by atoms with Gasteiger partial charge in [0.05, 0.1) is 17.0 Å². The first-order chi connectivity index (χ1) is 9.65. The van der Waals surface area contributed by atoms with Gasteiger partial charge in [-0.1, -0.05) is 28.1 Å². The van der Waals surface area contributed by atoms with Gasteiger partial charge in [0.15, 0.2) is 0 Å². The summed E-state index contributed by atoms with van der Waals surface area (Å²) >= 11 is 3.57. The van der Waals surface area contributed by atoms with Gasteiger partial charge in [0.2, 0.25) is 0 Å². The molecule has 3 nitrogen and oxygen atoms in total. The number of carbonyl (C=O) groups is 1. The topological polar surface area (TPSA) is 50.2 Å². The Morgan fingerprint density at radius 3 is 2.85 bits per heavy atom. The quantitative estimate of drug-likeness (QED) is 0.773. The van der Waals surface area contributed by atoms with E-state index >= 15 is 0 Å². The third-order valence-electron chi connectivity index (χ3n) is 4.07. The first kappa shape index (κ1) is 12.1. The van der Waals surface area contributed by atoms with E-state index in [2.05, 4.69) is 22.0 Å². The Bertz CT molecular complexity index is 750. The van der Waals surface area contributed by atoms with Crippen LogP contribution in [0.15, 0.2) is 28.7 Å². The molecule has 0 unspecified atom stereocenters. The lowest BCUT2D eigenvalue weighted by Crippen LogP contribution is -2.06. The lowest BCUT2D eigenvalue weighted by Gasteiger charge is -2.08. The summed E-state index contributed by atoms with van der Waals surface area (Å²) in [5, 5.41) is 9.40. The van der Waals surface area contributed by atoms with Crippen LogP contribution in [0.5, 0.6) is 0 Å². The summed E-state index contributed by atoms with van der Waals surface area (Å²) in [6.07, 6.45) is 2.86. The minimum absolute atomic E-state index is 0.336. The fourth-order valence-corrected chi connectivity index (χ4v) is 3.43. The second-order valence-corrected chi connectivity index (χ2v) is 6.31. The molecular weight excluding hydrogens is 318 g/mol. The molecule has 4 heteroatoms. The number of carboxylic acids is 1. The Hall–Kier alpha value is -1.68. The van der Waals surface area contributed by atoms with Gasteiger partial charge in [-0.05, 0) is 36.1 Å². The van der Waals surface area contributed by atoms with Crippen molar-refractivity contribution in [3.8, 4) is 11.3 Å². The number of pyridine rings is 1. The number of hydrogen-bond acceptors (Lipinski definition) is 2. The van der Waals surface area contributed by atoms with Gasteiger partial charge >= 0.3 is 5.97 Å². The van der Waals surface area contributed by atoms with Gasteiger partial charge < -0.3 is 5.11 Å². The first-order valence-electron chi connectivity index (χ1n) is 6.70. The maximum atomic E-state index is 11.4. The third-order valence-corrected chi connectivity index (χ3v) is 4.81. The molecule has 0 radical (unpaired) electrons. The molecule has 0 atom stereocenters. The number of carboxylic acid groups (broad SMARTS) is 1. The van der Waals surface area contributed by atoms with Gasteiger partial charge in [-0.15, -0.1) is 0 Å².